The van der Waals surface area contributed by atoms with Crippen molar-refractivity contribution in [1.82, 2.24) is 4.98 Å². The Kier molecular flexibility index (Phi) is 4.91. The van der Waals surface area contributed by atoms with Crippen molar-refractivity contribution in [3.63, 3.8) is 0 Å². The summed E-state index contributed by atoms with van der Waals surface area (Å²) in [5, 5.41) is 16.1. The van der Waals surface area contributed by atoms with E-state index in [0.717, 1.165) is 16.3 Å². The van der Waals surface area contributed by atoms with E-state index in [0.29, 0.717) is 30.3 Å². The van der Waals surface area contributed by atoms with Crippen LogP contribution in [0.1, 0.15) is 18.2 Å². The van der Waals surface area contributed by atoms with Gasteiger partial charge in [0.2, 0.25) is 0 Å². The van der Waals surface area contributed by atoms with Crippen LogP contribution in [0.2, 0.25) is 0 Å². The summed E-state index contributed by atoms with van der Waals surface area (Å²) in [6.07, 6.45) is 0. The highest BCUT2D eigenvalue weighted by Crippen LogP contribution is 2.30. The Balaban J connectivity index is 1.72. The number of rotatable bonds is 6. The van der Waals surface area contributed by atoms with Crippen LogP contribution in [-0.4, -0.2) is 11.6 Å². The van der Waals surface area contributed by atoms with Gasteiger partial charge in [0, 0.05) is 22.4 Å². The summed E-state index contributed by atoms with van der Waals surface area (Å²) in [6, 6.07) is 9.33. The Morgan fingerprint density at radius 3 is 2.83 bits per heavy atom. The molecular formula is C17H14N2O2S2. The quantitative estimate of drug-likeness (QED) is 0.650. The molecule has 0 bridgehead atoms. The molecule has 6 heteroatoms. The van der Waals surface area contributed by atoms with Gasteiger partial charge in [-0.2, -0.15) is 16.6 Å². The topological polar surface area (TPSA) is 55.1 Å². The average molecular weight is 342 g/mol. The predicted octanol–water partition coefficient (Wildman–Crippen LogP) is 4.72. The number of nitriles is 1. The Hall–Kier alpha value is -2.36. The maximum atomic E-state index is 8.97. The highest BCUT2D eigenvalue weighted by atomic mass is 32.1. The number of aromatic nitrogens is 1. The summed E-state index contributed by atoms with van der Waals surface area (Å²) in [6.45, 7) is 2.78. The lowest BCUT2D eigenvalue weighted by molar-refractivity contribution is 0.267. The summed E-state index contributed by atoms with van der Waals surface area (Å²) in [7, 11) is 0. The smallest absolute Gasteiger partial charge is 0.162 e. The summed E-state index contributed by atoms with van der Waals surface area (Å²) in [5.41, 5.74) is 2.57. The maximum Gasteiger partial charge on any atom is 0.162 e. The molecule has 1 aromatic carbocycles. The molecule has 0 radical (unpaired) electrons. The maximum absolute atomic E-state index is 8.97. The average Bonchev–Trinajstić information content (AvgIpc) is 3.25. The second-order valence-corrected chi connectivity index (χ2v) is 6.29. The molecule has 0 aliphatic rings. The van der Waals surface area contributed by atoms with E-state index >= 15 is 0 Å². The normalized spacial score (nSPS) is 10.3. The molecule has 0 saturated heterocycles. The van der Waals surface area contributed by atoms with Crippen LogP contribution < -0.4 is 9.47 Å². The number of hydrogen-bond donors (Lipinski definition) is 0. The third kappa shape index (κ3) is 3.70. The first kappa shape index (κ1) is 15.5. The van der Waals surface area contributed by atoms with Gasteiger partial charge < -0.3 is 9.47 Å². The Labute approximate surface area is 142 Å². The Bertz CT molecular complexity index is 819. The van der Waals surface area contributed by atoms with Crippen LogP contribution in [0.5, 0.6) is 11.5 Å². The van der Waals surface area contributed by atoms with Crippen molar-refractivity contribution in [2.45, 2.75) is 13.5 Å². The zero-order chi connectivity index (χ0) is 16.1. The Morgan fingerprint density at radius 2 is 2.09 bits per heavy atom. The zero-order valence-corrected chi connectivity index (χ0v) is 14.1. The van der Waals surface area contributed by atoms with Gasteiger partial charge in [-0.1, -0.05) is 0 Å². The van der Waals surface area contributed by atoms with Crippen LogP contribution >= 0.6 is 22.7 Å². The lowest BCUT2D eigenvalue weighted by Gasteiger charge is -2.11. The van der Waals surface area contributed by atoms with Crippen LogP contribution in [0.15, 0.2) is 40.4 Å². The van der Waals surface area contributed by atoms with Crippen molar-refractivity contribution >= 4 is 22.7 Å². The fraction of sp³-hybridized carbons (Fsp3) is 0.176. The number of benzene rings is 1. The van der Waals surface area contributed by atoms with Crippen LogP contribution in [0.25, 0.3) is 10.6 Å². The van der Waals surface area contributed by atoms with E-state index in [1.165, 1.54) is 0 Å². The predicted molar refractivity (Wildman–Crippen MR) is 92.1 cm³/mol. The first-order valence-electron chi connectivity index (χ1n) is 7.07. The standard InChI is InChI=1S/C17H14N2O2S2/c1-2-20-16-7-12(8-18)3-4-15(16)21-9-14-11-23-17(19-14)13-5-6-22-10-13/h3-7,10-11H,2,9H2,1H3. The number of thiazole rings is 1. The molecule has 2 aromatic heterocycles. The molecule has 23 heavy (non-hydrogen) atoms. The van der Waals surface area contributed by atoms with Crippen molar-refractivity contribution < 1.29 is 9.47 Å². The first-order chi connectivity index (χ1) is 11.3. The number of ether oxygens (including phenoxy) is 2. The molecule has 0 aliphatic heterocycles. The molecule has 4 nitrogen and oxygen atoms in total. The van der Waals surface area contributed by atoms with Crippen molar-refractivity contribution in [3.05, 3.63) is 51.7 Å². The molecule has 116 valence electrons. The van der Waals surface area contributed by atoms with E-state index < -0.39 is 0 Å². The van der Waals surface area contributed by atoms with Crippen LogP contribution in [0, 0.1) is 11.3 Å². The van der Waals surface area contributed by atoms with E-state index in [1.54, 1.807) is 40.9 Å². The molecule has 0 atom stereocenters. The van der Waals surface area contributed by atoms with Gasteiger partial charge in [0.05, 0.1) is 23.9 Å². The minimum atomic E-state index is 0.368. The highest BCUT2D eigenvalue weighted by molar-refractivity contribution is 7.14. The zero-order valence-electron chi connectivity index (χ0n) is 12.5. The van der Waals surface area contributed by atoms with E-state index in [9.17, 15) is 0 Å². The van der Waals surface area contributed by atoms with Gasteiger partial charge in [0.15, 0.2) is 11.5 Å². The molecule has 0 aliphatic carbocycles. The van der Waals surface area contributed by atoms with Gasteiger partial charge in [-0.25, -0.2) is 4.98 Å². The van der Waals surface area contributed by atoms with Crippen LogP contribution in [0.3, 0.4) is 0 Å². The number of nitrogens with zero attached hydrogens (tertiary/aromatic N) is 2. The summed E-state index contributed by atoms with van der Waals surface area (Å²) in [4.78, 5) is 4.58. The molecule has 0 spiro atoms. The second-order valence-electron chi connectivity index (χ2n) is 4.65. The van der Waals surface area contributed by atoms with Crippen molar-refractivity contribution in [2.75, 3.05) is 6.61 Å². The molecule has 0 amide bonds. The van der Waals surface area contributed by atoms with E-state index in [4.69, 9.17) is 14.7 Å². The van der Waals surface area contributed by atoms with Crippen LogP contribution in [0.4, 0.5) is 0 Å². The SMILES string of the molecule is CCOc1cc(C#N)ccc1OCc1csc(-c2ccsc2)n1. The van der Waals surface area contributed by atoms with Crippen molar-refractivity contribution in [2.24, 2.45) is 0 Å². The highest BCUT2D eigenvalue weighted by Gasteiger charge is 2.09. The lowest BCUT2D eigenvalue weighted by Crippen LogP contribution is -2.00. The van der Waals surface area contributed by atoms with Crippen molar-refractivity contribution in [1.29, 1.82) is 5.26 Å². The summed E-state index contributed by atoms with van der Waals surface area (Å²) >= 11 is 3.26. The molecule has 2 heterocycles. The van der Waals surface area contributed by atoms with Gasteiger partial charge in [-0.3, -0.25) is 0 Å². The number of hydrogen-bond acceptors (Lipinski definition) is 6. The third-order valence-corrected chi connectivity index (χ3v) is 4.69. The molecule has 0 N–H and O–H groups in total. The largest absolute Gasteiger partial charge is 0.490 e. The minimum Gasteiger partial charge on any atom is -0.490 e. The van der Waals surface area contributed by atoms with Gasteiger partial charge in [-0.15, -0.1) is 11.3 Å². The summed E-state index contributed by atoms with van der Waals surface area (Å²) < 4.78 is 11.4. The minimum absolute atomic E-state index is 0.368. The van der Waals surface area contributed by atoms with E-state index in [2.05, 4.69) is 22.5 Å². The molecule has 3 rings (SSSR count). The van der Waals surface area contributed by atoms with E-state index in [1.807, 2.05) is 17.7 Å². The monoisotopic (exact) mass is 342 g/mol. The molecule has 0 fully saturated rings. The summed E-state index contributed by atoms with van der Waals surface area (Å²) in [5.74, 6) is 1.20. The van der Waals surface area contributed by atoms with Gasteiger partial charge in [0.1, 0.15) is 11.6 Å². The molecule has 0 saturated carbocycles. The number of thiophene rings is 1. The van der Waals surface area contributed by atoms with E-state index in [-0.39, 0.29) is 0 Å². The third-order valence-electron chi connectivity index (χ3n) is 3.07. The van der Waals surface area contributed by atoms with Gasteiger partial charge >= 0.3 is 0 Å². The second kappa shape index (κ2) is 7.27. The Morgan fingerprint density at radius 1 is 1.17 bits per heavy atom. The fourth-order valence-corrected chi connectivity index (χ4v) is 3.53. The van der Waals surface area contributed by atoms with Gasteiger partial charge in [-0.05, 0) is 30.5 Å². The molecule has 0 unspecified atom stereocenters. The fourth-order valence-electron chi connectivity index (χ4n) is 2.01. The molecular weight excluding hydrogens is 328 g/mol. The van der Waals surface area contributed by atoms with Crippen LogP contribution in [-0.2, 0) is 6.61 Å². The molecule has 3 aromatic rings. The van der Waals surface area contributed by atoms with Crippen molar-refractivity contribution in [3.8, 4) is 28.1 Å². The first-order valence-corrected chi connectivity index (χ1v) is 8.89. The van der Waals surface area contributed by atoms with Gasteiger partial charge in [0.25, 0.3) is 0 Å². The lowest BCUT2D eigenvalue weighted by atomic mass is 10.2.